The molecule has 2 atom stereocenters. The molecule has 0 aliphatic carbocycles. The number of unbranched alkanes of at least 4 members (excludes halogenated alkanes) is 14. The molecule has 7 N–H and O–H groups in total. The summed E-state index contributed by atoms with van der Waals surface area (Å²) in [6.07, 6.45) is 19.4. The van der Waals surface area contributed by atoms with Crippen LogP contribution in [0.4, 0.5) is 0 Å². The molecule has 0 aromatic carbocycles. The fourth-order valence-corrected chi connectivity index (χ4v) is 6.32. The number of carboxylic acids is 2. The number of amides is 4. The van der Waals surface area contributed by atoms with E-state index in [-0.39, 0.29) is 120 Å². The minimum Gasteiger partial charge on any atom is -0.481 e. The Balaban J connectivity index is 3.70. The van der Waals surface area contributed by atoms with Gasteiger partial charge < -0.3 is 50.8 Å². The Morgan fingerprint density at radius 3 is 1.48 bits per heavy atom. The second-order valence-corrected chi connectivity index (χ2v) is 15.2. The number of nitrogens with two attached hydrogens (primary N) is 1. The summed E-state index contributed by atoms with van der Waals surface area (Å²) in [6, 6.07) is -1.15. The topological polar surface area (TPSA) is 259 Å². The molecule has 0 saturated heterocycles. The van der Waals surface area contributed by atoms with Crippen LogP contribution in [-0.2, 0) is 52.5 Å². The first-order chi connectivity index (χ1) is 29.0. The molecule has 0 saturated carbocycles. The third-order valence-electron chi connectivity index (χ3n) is 9.77. The smallest absolute Gasteiger partial charge is 0.326 e. The number of hydrogen-bond acceptors (Lipinski definition) is 11. The summed E-state index contributed by atoms with van der Waals surface area (Å²) in [5.41, 5.74) is 5.41. The largest absolute Gasteiger partial charge is 0.481 e. The molecular formula is C43H78N4O13. The number of ketones is 1. The number of ether oxygens (including phenoxy) is 4. The van der Waals surface area contributed by atoms with Crippen LogP contribution >= 0.6 is 0 Å². The van der Waals surface area contributed by atoms with Crippen LogP contribution < -0.4 is 21.7 Å². The molecule has 17 heteroatoms. The monoisotopic (exact) mass is 859 g/mol. The second kappa shape index (κ2) is 40.7. The number of primary amides is 1. The predicted octanol–water partition coefficient (Wildman–Crippen LogP) is 4.60. The Kier molecular flexibility index (Phi) is 38.2. The van der Waals surface area contributed by atoms with Crippen LogP contribution in [0.1, 0.15) is 155 Å². The van der Waals surface area contributed by atoms with Crippen molar-refractivity contribution in [2.24, 2.45) is 11.7 Å². The fourth-order valence-electron chi connectivity index (χ4n) is 6.32. The molecule has 0 bridgehead atoms. The number of rotatable bonds is 45. The van der Waals surface area contributed by atoms with Crippen LogP contribution in [-0.4, -0.2) is 124 Å². The quantitative estimate of drug-likeness (QED) is 0.0458. The Morgan fingerprint density at radius 2 is 0.983 bits per heavy atom. The van der Waals surface area contributed by atoms with Gasteiger partial charge in [-0.1, -0.05) is 96.8 Å². The first-order valence-electron chi connectivity index (χ1n) is 22.4. The Hall–Kier alpha value is -3.67. The molecule has 0 aliphatic heterocycles. The third kappa shape index (κ3) is 38.5. The Labute approximate surface area is 357 Å². The van der Waals surface area contributed by atoms with E-state index in [1.54, 1.807) is 0 Å². The maximum absolute atomic E-state index is 12.3. The van der Waals surface area contributed by atoms with Crippen LogP contribution in [0.5, 0.6) is 0 Å². The molecule has 0 heterocycles. The number of Topliss-reactive ketones (excluding diaryl/α,β-unsaturated/α-hetero) is 1. The van der Waals surface area contributed by atoms with Crippen LogP contribution in [0.25, 0.3) is 0 Å². The van der Waals surface area contributed by atoms with Crippen molar-refractivity contribution < 1.29 is 62.7 Å². The van der Waals surface area contributed by atoms with Crippen molar-refractivity contribution in [1.82, 2.24) is 16.0 Å². The summed E-state index contributed by atoms with van der Waals surface area (Å²) in [6.45, 7) is 3.08. The first kappa shape index (κ1) is 56.3. The van der Waals surface area contributed by atoms with Crippen LogP contribution in [0, 0.1) is 5.92 Å². The van der Waals surface area contributed by atoms with E-state index in [0.717, 1.165) is 77.0 Å². The van der Waals surface area contributed by atoms with Gasteiger partial charge in [0.05, 0.1) is 33.0 Å². The Bertz CT molecular complexity index is 1170. The number of nitrogens with one attached hydrogen (secondary N) is 3. The minimum absolute atomic E-state index is 0.0388. The van der Waals surface area contributed by atoms with Gasteiger partial charge >= 0.3 is 11.9 Å². The van der Waals surface area contributed by atoms with Gasteiger partial charge in [0, 0.05) is 38.3 Å². The lowest BCUT2D eigenvalue weighted by molar-refractivity contribution is -0.142. The van der Waals surface area contributed by atoms with Gasteiger partial charge in [0.2, 0.25) is 23.6 Å². The van der Waals surface area contributed by atoms with Crippen molar-refractivity contribution in [2.45, 2.75) is 161 Å². The molecule has 348 valence electrons. The molecule has 0 aromatic heterocycles. The standard InChI is InChI=1S/C43H78N4O13/c1-2-19-35(42(44)54)20-17-18-25-45-39(50)33-59-29-28-57-27-26-46-40(51)34-60-31-30-58-32-36(48)23-24-37(43(55)56)47-38(49)21-15-13-11-9-7-5-3-4-6-8-10-12-14-16-22-41(52)53/h35,37H,2-34H2,1H3,(H2,44,54)(H,45,50)(H,46,51)(H,47,49)(H,52,53)(H,55,56)/t35-,37-/m0/s1. The van der Waals surface area contributed by atoms with E-state index in [1.807, 2.05) is 6.92 Å². The van der Waals surface area contributed by atoms with Crippen LogP contribution in [0.3, 0.4) is 0 Å². The number of carboxylic acid groups (broad SMARTS) is 2. The third-order valence-corrected chi connectivity index (χ3v) is 9.77. The zero-order valence-electron chi connectivity index (χ0n) is 36.5. The molecule has 0 aliphatic rings. The van der Waals surface area contributed by atoms with Crippen molar-refractivity contribution in [3.8, 4) is 0 Å². The lowest BCUT2D eigenvalue weighted by Crippen LogP contribution is -2.41. The molecule has 0 rings (SSSR count). The maximum Gasteiger partial charge on any atom is 0.326 e. The SMILES string of the molecule is CCC[C@@H](CCCCNC(=O)COCCOCCNC(=O)COCCOCC(=O)CC[C@H](NC(=O)CCCCCCCCCCCCCCCCC(=O)O)C(=O)O)C(N)=O. The predicted molar refractivity (Wildman–Crippen MR) is 226 cm³/mol. The Morgan fingerprint density at radius 1 is 0.500 bits per heavy atom. The van der Waals surface area contributed by atoms with Gasteiger partial charge in [-0.15, -0.1) is 0 Å². The average Bonchev–Trinajstić information content (AvgIpc) is 3.20. The van der Waals surface area contributed by atoms with Gasteiger partial charge in [0.1, 0.15) is 25.9 Å². The van der Waals surface area contributed by atoms with Gasteiger partial charge in [-0.2, -0.15) is 0 Å². The van der Waals surface area contributed by atoms with E-state index < -0.39 is 18.0 Å². The number of carbonyl (C=O) groups is 7. The van der Waals surface area contributed by atoms with Gasteiger partial charge in [0.15, 0.2) is 5.78 Å². The average molecular weight is 859 g/mol. The van der Waals surface area contributed by atoms with E-state index in [0.29, 0.717) is 13.0 Å². The highest BCUT2D eigenvalue weighted by atomic mass is 16.5. The van der Waals surface area contributed by atoms with Crippen molar-refractivity contribution in [1.29, 1.82) is 0 Å². The molecule has 0 spiro atoms. The molecule has 0 radical (unpaired) electrons. The molecular weight excluding hydrogens is 780 g/mol. The van der Waals surface area contributed by atoms with E-state index in [9.17, 15) is 38.7 Å². The minimum atomic E-state index is -1.19. The number of aliphatic carboxylic acids is 2. The van der Waals surface area contributed by atoms with Crippen LogP contribution in [0.15, 0.2) is 0 Å². The van der Waals surface area contributed by atoms with E-state index in [4.69, 9.17) is 29.8 Å². The lowest BCUT2D eigenvalue weighted by Gasteiger charge is -2.14. The molecule has 0 fully saturated rings. The summed E-state index contributed by atoms with van der Waals surface area (Å²) in [4.78, 5) is 81.9. The highest BCUT2D eigenvalue weighted by Crippen LogP contribution is 2.15. The first-order valence-corrected chi connectivity index (χ1v) is 22.4. The van der Waals surface area contributed by atoms with Crippen molar-refractivity contribution in [3.63, 3.8) is 0 Å². The molecule has 0 aromatic rings. The van der Waals surface area contributed by atoms with E-state index in [1.165, 1.54) is 38.5 Å². The molecule has 0 unspecified atom stereocenters. The number of carbonyl (C=O) groups excluding carboxylic acids is 5. The molecule has 17 nitrogen and oxygen atoms in total. The summed E-state index contributed by atoms with van der Waals surface area (Å²) in [5.74, 6) is -3.53. The summed E-state index contributed by atoms with van der Waals surface area (Å²) >= 11 is 0. The summed E-state index contributed by atoms with van der Waals surface area (Å²) in [7, 11) is 0. The lowest BCUT2D eigenvalue weighted by atomic mass is 9.96. The highest BCUT2D eigenvalue weighted by Gasteiger charge is 2.21. The van der Waals surface area contributed by atoms with Crippen molar-refractivity contribution in [3.05, 3.63) is 0 Å². The normalized spacial score (nSPS) is 12.1. The molecule has 60 heavy (non-hydrogen) atoms. The van der Waals surface area contributed by atoms with Crippen molar-refractivity contribution >= 4 is 41.4 Å². The van der Waals surface area contributed by atoms with Gasteiger partial charge in [-0.3, -0.25) is 28.8 Å². The summed E-state index contributed by atoms with van der Waals surface area (Å²) in [5, 5.41) is 26.1. The van der Waals surface area contributed by atoms with Crippen molar-refractivity contribution in [2.75, 3.05) is 65.9 Å². The maximum atomic E-state index is 12.3. The zero-order chi connectivity index (χ0) is 44.5. The van der Waals surface area contributed by atoms with E-state index in [2.05, 4.69) is 16.0 Å². The van der Waals surface area contributed by atoms with Gasteiger partial charge in [-0.25, -0.2) is 4.79 Å². The zero-order valence-corrected chi connectivity index (χ0v) is 36.5. The van der Waals surface area contributed by atoms with Gasteiger partial charge in [-0.05, 0) is 38.5 Å². The van der Waals surface area contributed by atoms with Crippen LogP contribution in [0.2, 0.25) is 0 Å². The highest BCUT2D eigenvalue weighted by molar-refractivity contribution is 5.85. The van der Waals surface area contributed by atoms with E-state index >= 15 is 0 Å². The number of hydrogen-bond donors (Lipinski definition) is 6. The van der Waals surface area contributed by atoms with Gasteiger partial charge in [0.25, 0.3) is 0 Å². The summed E-state index contributed by atoms with van der Waals surface area (Å²) < 4.78 is 21.2. The second-order valence-electron chi connectivity index (χ2n) is 15.2. The molecule has 4 amide bonds. The fraction of sp³-hybridized carbons (Fsp3) is 0.837.